The molecule has 0 bridgehead atoms. The molecule has 0 spiro atoms. The minimum absolute atomic E-state index is 0.0445. The van der Waals surface area contributed by atoms with E-state index in [2.05, 4.69) is 19.6 Å². The van der Waals surface area contributed by atoms with E-state index in [0.717, 1.165) is 12.2 Å². The number of thiocarbonyl (C=S) groups is 1. The van der Waals surface area contributed by atoms with E-state index >= 15 is 0 Å². The zero-order valence-corrected chi connectivity index (χ0v) is 23.5. The molecule has 6 nitrogen and oxygen atoms in total. The van der Waals surface area contributed by atoms with Crippen LogP contribution in [0.4, 0.5) is 0 Å². The van der Waals surface area contributed by atoms with Gasteiger partial charge in [-0.1, -0.05) is 88.7 Å². The van der Waals surface area contributed by atoms with Gasteiger partial charge in [-0.2, -0.15) is 12.6 Å². The molecule has 0 fully saturated rings. The third kappa shape index (κ3) is 17.6. The van der Waals surface area contributed by atoms with Crippen LogP contribution in [0, 0.1) is 0 Å². The van der Waals surface area contributed by atoms with Crippen LogP contribution in [-0.2, 0) is 28.6 Å². The number of unbranched alkanes of at least 4 members (excludes halogenated alkanes) is 9. The molecule has 0 aromatic carbocycles. The molecule has 10 heteroatoms. The van der Waals surface area contributed by atoms with Gasteiger partial charge in [0.2, 0.25) is 0 Å². The van der Waals surface area contributed by atoms with Gasteiger partial charge in [0.25, 0.3) is 6.47 Å². The van der Waals surface area contributed by atoms with Gasteiger partial charge in [-0.25, -0.2) is 0 Å². The van der Waals surface area contributed by atoms with E-state index < -0.39 is 22.8 Å². The van der Waals surface area contributed by atoms with Crippen molar-refractivity contribution < 1.29 is 28.6 Å². The molecule has 0 N–H and O–H groups in total. The number of esters is 2. The average molecular weight is 541 g/mol. The smallest absolute Gasteiger partial charge is 0.323 e. The summed E-state index contributed by atoms with van der Waals surface area (Å²) in [6, 6.07) is 0. The van der Waals surface area contributed by atoms with Crippen molar-refractivity contribution in [2.24, 2.45) is 0 Å². The van der Waals surface area contributed by atoms with E-state index in [-0.39, 0.29) is 19.0 Å². The topological polar surface area (TPSA) is 78.9 Å². The van der Waals surface area contributed by atoms with Crippen molar-refractivity contribution >= 4 is 70.3 Å². The second-order valence-corrected chi connectivity index (χ2v) is 11.9. The van der Waals surface area contributed by atoms with E-state index in [0.29, 0.717) is 10.0 Å². The Labute approximate surface area is 218 Å². The van der Waals surface area contributed by atoms with Gasteiger partial charge in [0.1, 0.15) is 27.6 Å². The average Bonchev–Trinajstić information content (AvgIpc) is 2.78. The lowest BCUT2D eigenvalue weighted by Crippen LogP contribution is -2.43. The Morgan fingerprint density at radius 2 is 1.52 bits per heavy atom. The molecule has 0 saturated heterocycles. The van der Waals surface area contributed by atoms with Crippen LogP contribution in [0.2, 0.25) is 0 Å². The lowest BCUT2D eigenvalue weighted by atomic mass is 10.1. The molecular formula is C23H40O6S4. The van der Waals surface area contributed by atoms with Gasteiger partial charge in [-0.05, 0) is 26.0 Å². The van der Waals surface area contributed by atoms with Gasteiger partial charge in [-0.3, -0.25) is 14.4 Å². The molecule has 192 valence electrons. The molecule has 0 aliphatic heterocycles. The lowest BCUT2D eigenvalue weighted by Gasteiger charge is -2.30. The fourth-order valence-corrected chi connectivity index (χ4v) is 5.61. The Kier molecular flexibility index (Phi) is 20.6. The van der Waals surface area contributed by atoms with Gasteiger partial charge in [0.05, 0.1) is 5.75 Å². The van der Waals surface area contributed by atoms with Gasteiger partial charge < -0.3 is 14.2 Å². The third-order valence-electron chi connectivity index (χ3n) is 4.85. The van der Waals surface area contributed by atoms with Crippen molar-refractivity contribution in [3.8, 4) is 0 Å². The van der Waals surface area contributed by atoms with Crippen LogP contribution in [0.25, 0.3) is 0 Å². The Bertz CT molecular complexity index is 571. The molecular weight excluding hydrogens is 501 g/mol. The van der Waals surface area contributed by atoms with Crippen molar-refractivity contribution in [1.82, 2.24) is 0 Å². The first-order valence-electron chi connectivity index (χ1n) is 11.7. The summed E-state index contributed by atoms with van der Waals surface area (Å²) < 4.78 is 15.8. The monoisotopic (exact) mass is 540 g/mol. The second kappa shape index (κ2) is 20.9. The third-order valence-corrected chi connectivity index (χ3v) is 8.31. The number of hydrogen-bond donors (Lipinski definition) is 1. The zero-order chi connectivity index (χ0) is 25.0. The summed E-state index contributed by atoms with van der Waals surface area (Å²) >= 11 is 12.0. The second-order valence-electron chi connectivity index (χ2n) is 8.14. The number of rotatable bonds is 20. The normalized spacial score (nSPS) is 12.1. The number of thiol groups is 1. The number of carbonyl (C=O) groups excluding carboxylic acids is 3. The fraction of sp³-hybridized carbons (Fsp3) is 0.826. The van der Waals surface area contributed by atoms with Crippen LogP contribution in [0.15, 0.2) is 0 Å². The van der Waals surface area contributed by atoms with Gasteiger partial charge in [0.15, 0.2) is 0 Å². The van der Waals surface area contributed by atoms with Crippen molar-refractivity contribution in [2.75, 3.05) is 24.7 Å². The lowest BCUT2D eigenvalue weighted by molar-refractivity contribution is -0.156. The van der Waals surface area contributed by atoms with Gasteiger partial charge >= 0.3 is 11.9 Å². The number of carbonyl (C=O) groups is 3. The van der Waals surface area contributed by atoms with Crippen molar-refractivity contribution in [3.05, 3.63) is 0 Å². The van der Waals surface area contributed by atoms with E-state index in [1.807, 2.05) is 0 Å². The van der Waals surface area contributed by atoms with Gasteiger partial charge in [0, 0.05) is 0 Å². The molecule has 0 aliphatic carbocycles. The Morgan fingerprint density at radius 1 is 0.970 bits per heavy atom. The number of ether oxygens (including phenoxy) is 3. The largest absolute Gasteiger partial charge is 0.461 e. The first-order valence-corrected chi connectivity index (χ1v) is 14.6. The van der Waals surface area contributed by atoms with Crippen LogP contribution in [0.1, 0.15) is 85.0 Å². The maximum absolute atomic E-state index is 12.6. The summed E-state index contributed by atoms with van der Waals surface area (Å²) in [5, 5.41) is -0.823. The van der Waals surface area contributed by atoms with Crippen molar-refractivity contribution in [1.29, 1.82) is 0 Å². The van der Waals surface area contributed by atoms with Crippen LogP contribution in [0.3, 0.4) is 0 Å². The SMILES string of the molecule is CCCCCCCCCCCCSC(=S)SC(C(=O)OCCOC(=O)CS)C(C)(C)OC=O. The summed E-state index contributed by atoms with van der Waals surface area (Å²) in [4.78, 5) is 34.6. The maximum Gasteiger partial charge on any atom is 0.323 e. The highest BCUT2D eigenvalue weighted by atomic mass is 32.2. The predicted molar refractivity (Wildman–Crippen MR) is 145 cm³/mol. The Morgan fingerprint density at radius 3 is 2.06 bits per heavy atom. The summed E-state index contributed by atoms with van der Waals surface area (Å²) in [7, 11) is 0. The van der Waals surface area contributed by atoms with Gasteiger partial charge in [-0.15, -0.1) is 11.8 Å². The van der Waals surface area contributed by atoms with Crippen molar-refractivity contribution in [2.45, 2.75) is 95.8 Å². The van der Waals surface area contributed by atoms with E-state index in [1.165, 1.54) is 81.3 Å². The van der Waals surface area contributed by atoms with E-state index in [1.54, 1.807) is 13.8 Å². The molecule has 1 atom stereocenters. The predicted octanol–water partition coefficient (Wildman–Crippen LogP) is 6.00. The molecule has 0 heterocycles. The van der Waals surface area contributed by atoms with Crippen LogP contribution in [0.5, 0.6) is 0 Å². The molecule has 0 aliphatic rings. The van der Waals surface area contributed by atoms with E-state index in [4.69, 9.17) is 26.4 Å². The highest BCUT2D eigenvalue weighted by molar-refractivity contribution is 8.47. The standard InChI is InChI=1S/C23H40O6S4/c1-4-5-6-7-8-9-10-11-12-13-16-32-22(31)33-20(23(2,3)29-18-24)21(26)28-15-14-27-19(25)17-30/h18,20,30H,4-17H2,1-3H3. The number of hydrogen-bond acceptors (Lipinski definition) is 10. The molecule has 0 amide bonds. The number of thioether (sulfide) groups is 2. The van der Waals surface area contributed by atoms with E-state index in [9.17, 15) is 14.4 Å². The summed E-state index contributed by atoms with van der Waals surface area (Å²) in [6.07, 6.45) is 12.8. The Hall–Kier alpha value is -0.450. The van der Waals surface area contributed by atoms with Crippen LogP contribution >= 0.6 is 48.4 Å². The minimum atomic E-state index is -1.10. The van der Waals surface area contributed by atoms with Crippen LogP contribution < -0.4 is 0 Å². The van der Waals surface area contributed by atoms with Crippen LogP contribution in [-0.4, -0.2) is 57.5 Å². The highest BCUT2D eigenvalue weighted by Crippen LogP contribution is 2.32. The summed E-state index contributed by atoms with van der Waals surface area (Å²) in [5.74, 6) is -0.222. The molecule has 1 unspecified atom stereocenters. The molecule has 33 heavy (non-hydrogen) atoms. The molecule has 0 saturated carbocycles. The summed E-state index contributed by atoms with van der Waals surface area (Å²) in [5.41, 5.74) is -1.10. The summed E-state index contributed by atoms with van der Waals surface area (Å²) in [6.45, 7) is 5.67. The maximum atomic E-state index is 12.6. The quantitative estimate of drug-likeness (QED) is 0.0500. The van der Waals surface area contributed by atoms with Crippen molar-refractivity contribution in [3.63, 3.8) is 0 Å². The molecule has 0 aromatic heterocycles. The molecule has 0 aromatic rings. The minimum Gasteiger partial charge on any atom is -0.461 e. The first kappa shape index (κ1) is 32.5. The Balaban J connectivity index is 4.28. The molecule has 0 radical (unpaired) electrons. The fourth-order valence-electron chi connectivity index (χ4n) is 2.95. The first-order chi connectivity index (χ1) is 15.8. The highest BCUT2D eigenvalue weighted by Gasteiger charge is 2.40. The molecule has 0 rings (SSSR count). The zero-order valence-electron chi connectivity index (χ0n) is 20.2.